The van der Waals surface area contributed by atoms with Crippen LogP contribution in [0.15, 0.2) is 60.7 Å². The van der Waals surface area contributed by atoms with Crippen LogP contribution in [-0.2, 0) is 23.7 Å². The maximum absolute atomic E-state index is 15.3. The minimum absolute atomic E-state index is 0.0612. The molecule has 0 amide bonds. The molecule has 0 N–H and O–H groups in total. The Hall–Kier alpha value is -2.81. The summed E-state index contributed by atoms with van der Waals surface area (Å²) in [4.78, 5) is 24.9. The predicted octanol–water partition coefficient (Wildman–Crippen LogP) is 3.72. The highest BCUT2D eigenvalue weighted by molar-refractivity contribution is 5.90. The zero-order valence-electron chi connectivity index (χ0n) is 18.1. The molecule has 0 radical (unpaired) electrons. The van der Waals surface area contributed by atoms with E-state index in [1.165, 1.54) is 0 Å². The van der Waals surface area contributed by atoms with Crippen LogP contribution in [0.25, 0.3) is 0 Å². The van der Waals surface area contributed by atoms with E-state index in [1.807, 2.05) is 0 Å². The van der Waals surface area contributed by atoms with Crippen LogP contribution in [-0.4, -0.2) is 62.5 Å². The second kappa shape index (κ2) is 11.4. The summed E-state index contributed by atoms with van der Waals surface area (Å²) in [5, 5.41) is 0. The summed E-state index contributed by atoms with van der Waals surface area (Å²) in [6.07, 6.45) is -2.58. The summed E-state index contributed by atoms with van der Waals surface area (Å²) < 4.78 is 43.1. The molecule has 2 aliphatic rings. The van der Waals surface area contributed by atoms with Crippen LogP contribution in [0.1, 0.15) is 40.0 Å². The second-order valence-electron chi connectivity index (χ2n) is 7.99. The van der Waals surface area contributed by atoms with E-state index in [9.17, 15) is 9.59 Å². The minimum atomic E-state index is -1.65. The van der Waals surface area contributed by atoms with E-state index >= 15 is 4.39 Å². The van der Waals surface area contributed by atoms with Gasteiger partial charge in [0, 0.05) is 6.61 Å². The molecule has 8 heteroatoms. The Morgan fingerprint density at radius 3 is 2.18 bits per heavy atom. The molecule has 33 heavy (non-hydrogen) atoms. The SMILES string of the molecule is O=C(OC[C@H]1OC(COC2CCCCO2)[C@@H](F)[C@@H]1OC(=O)c1ccccc1)c1ccccc1. The Labute approximate surface area is 191 Å². The quantitative estimate of drug-likeness (QED) is 0.558. The standard InChI is InChI=1S/C25H27FO7/c26-22-19(15-30-21-13-7-8-14-29-21)32-20(16-31-24(27)17-9-3-1-4-10-17)23(22)33-25(28)18-11-5-2-6-12-18/h1-6,9-12,19-23H,7-8,13-16H2/t19?,20-,21?,22-,23-/m1/s1. The van der Waals surface area contributed by atoms with E-state index in [-0.39, 0.29) is 13.2 Å². The summed E-state index contributed by atoms with van der Waals surface area (Å²) >= 11 is 0. The summed E-state index contributed by atoms with van der Waals surface area (Å²) in [6, 6.07) is 16.7. The van der Waals surface area contributed by atoms with E-state index in [1.54, 1.807) is 60.7 Å². The van der Waals surface area contributed by atoms with Crippen LogP contribution < -0.4 is 0 Å². The Morgan fingerprint density at radius 2 is 1.55 bits per heavy atom. The van der Waals surface area contributed by atoms with Gasteiger partial charge in [0.1, 0.15) is 18.8 Å². The molecule has 2 unspecified atom stereocenters. The molecule has 5 atom stereocenters. The lowest BCUT2D eigenvalue weighted by Crippen LogP contribution is -2.38. The zero-order chi connectivity index (χ0) is 23.0. The first-order chi connectivity index (χ1) is 16.1. The number of hydrogen-bond acceptors (Lipinski definition) is 7. The zero-order valence-corrected chi connectivity index (χ0v) is 18.1. The summed E-state index contributed by atoms with van der Waals surface area (Å²) in [7, 11) is 0. The van der Waals surface area contributed by atoms with Crippen LogP contribution in [0.4, 0.5) is 4.39 Å². The first-order valence-corrected chi connectivity index (χ1v) is 11.1. The van der Waals surface area contributed by atoms with Crippen LogP contribution in [0.5, 0.6) is 0 Å². The van der Waals surface area contributed by atoms with Gasteiger partial charge >= 0.3 is 11.9 Å². The average molecular weight is 458 g/mol. The number of alkyl halides is 1. The minimum Gasteiger partial charge on any atom is -0.459 e. The first-order valence-electron chi connectivity index (χ1n) is 11.1. The Kier molecular flexibility index (Phi) is 8.04. The third-order valence-corrected chi connectivity index (χ3v) is 5.61. The molecule has 2 saturated heterocycles. The van der Waals surface area contributed by atoms with Gasteiger partial charge < -0.3 is 23.7 Å². The number of hydrogen-bond donors (Lipinski definition) is 0. The largest absolute Gasteiger partial charge is 0.459 e. The Balaban J connectivity index is 1.40. The number of benzene rings is 2. The molecule has 2 aliphatic heterocycles. The van der Waals surface area contributed by atoms with Crippen LogP contribution in [0.2, 0.25) is 0 Å². The van der Waals surface area contributed by atoms with Crippen molar-refractivity contribution < 1.29 is 37.7 Å². The third-order valence-electron chi connectivity index (χ3n) is 5.61. The number of halogens is 1. The third kappa shape index (κ3) is 6.16. The van der Waals surface area contributed by atoms with Crippen LogP contribution in [0, 0.1) is 0 Å². The molecule has 0 aromatic heterocycles. The van der Waals surface area contributed by atoms with Crippen molar-refractivity contribution in [3.63, 3.8) is 0 Å². The average Bonchev–Trinajstić information content (AvgIpc) is 3.17. The van der Waals surface area contributed by atoms with Crippen molar-refractivity contribution in [2.24, 2.45) is 0 Å². The summed E-state index contributed by atoms with van der Waals surface area (Å²) in [6.45, 7) is 0.274. The monoisotopic (exact) mass is 458 g/mol. The van der Waals surface area contributed by atoms with Crippen molar-refractivity contribution in [2.75, 3.05) is 19.8 Å². The van der Waals surface area contributed by atoms with Gasteiger partial charge in [0.05, 0.1) is 17.7 Å². The molecule has 2 aromatic carbocycles. The van der Waals surface area contributed by atoms with E-state index < -0.39 is 42.7 Å². The van der Waals surface area contributed by atoms with Gasteiger partial charge in [0.2, 0.25) is 0 Å². The second-order valence-corrected chi connectivity index (χ2v) is 7.99. The molecule has 0 bridgehead atoms. The molecule has 2 heterocycles. The highest BCUT2D eigenvalue weighted by Crippen LogP contribution is 2.29. The van der Waals surface area contributed by atoms with Crippen LogP contribution in [0.3, 0.4) is 0 Å². The smallest absolute Gasteiger partial charge is 0.338 e. The van der Waals surface area contributed by atoms with Crippen molar-refractivity contribution >= 4 is 11.9 Å². The molecule has 0 spiro atoms. The van der Waals surface area contributed by atoms with Gasteiger partial charge in [-0.3, -0.25) is 0 Å². The molecule has 0 aliphatic carbocycles. The van der Waals surface area contributed by atoms with Crippen molar-refractivity contribution in [3.05, 3.63) is 71.8 Å². The van der Waals surface area contributed by atoms with Crippen molar-refractivity contribution in [3.8, 4) is 0 Å². The van der Waals surface area contributed by atoms with Gasteiger partial charge in [-0.2, -0.15) is 0 Å². The molecule has 2 fully saturated rings. The van der Waals surface area contributed by atoms with Crippen molar-refractivity contribution in [1.82, 2.24) is 0 Å². The molecule has 2 aromatic rings. The maximum atomic E-state index is 15.3. The molecular formula is C25H27FO7. The van der Waals surface area contributed by atoms with E-state index in [0.717, 1.165) is 19.3 Å². The number of ether oxygens (including phenoxy) is 5. The van der Waals surface area contributed by atoms with Crippen LogP contribution >= 0.6 is 0 Å². The predicted molar refractivity (Wildman–Crippen MR) is 115 cm³/mol. The number of rotatable bonds is 8. The highest BCUT2D eigenvalue weighted by Gasteiger charge is 2.48. The van der Waals surface area contributed by atoms with Gasteiger partial charge in [-0.25, -0.2) is 14.0 Å². The van der Waals surface area contributed by atoms with E-state index in [0.29, 0.717) is 17.7 Å². The lowest BCUT2D eigenvalue weighted by Gasteiger charge is -2.24. The maximum Gasteiger partial charge on any atom is 0.338 e. The fourth-order valence-corrected chi connectivity index (χ4v) is 3.83. The summed E-state index contributed by atoms with van der Waals surface area (Å²) in [5.74, 6) is -1.25. The van der Waals surface area contributed by atoms with Gasteiger partial charge in [0.25, 0.3) is 0 Å². The number of carbonyl (C=O) groups is 2. The highest BCUT2D eigenvalue weighted by atomic mass is 19.1. The molecule has 176 valence electrons. The van der Waals surface area contributed by atoms with Gasteiger partial charge in [-0.05, 0) is 43.5 Å². The molecule has 0 saturated carbocycles. The van der Waals surface area contributed by atoms with Gasteiger partial charge in [-0.1, -0.05) is 36.4 Å². The van der Waals surface area contributed by atoms with Crippen molar-refractivity contribution in [1.29, 1.82) is 0 Å². The Bertz CT molecular complexity index is 901. The Morgan fingerprint density at radius 1 is 0.879 bits per heavy atom. The fraction of sp³-hybridized carbons (Fsp3) is 0.440. The molecule has 7 nitrogen and oxygen atoms in total. The number of carbonyl (C=O) groups excluding carboxylic acids is 2. The lowest BCUT2D eigenvalue weighted by molar-refractivity contribution is -0.182. The van der Waals surface area contributed by atoms with E-state index in [2.05, 4.69) is 0 Å². The molecular weight excluding hydrogens is 431 g/mol. The van der Waals surface area contributed by atoms with Gasteiger partial charge in [0.15, 0.2) is 18.6 Å². The normalized spacial score (nSPS) is 27.1. The van der Waals surface area contributed by atoms with E-state index in [4.69, 9.17) is 23.7 Å². The number of esters is 2. The topological polar surface area (TPSA) is 80.3 Å². The van der Waals surface area contributed by atoms with Gasteiger partial charge in [-0.15, -0.1) is 0 Å². The molecule has 4 rings (SSSR count). The van der Waals surface area contributed by atoms with Crippen molar-refractivity contribution in [2.45, 2.75) is 50.0 Å². The summed E-state index contributed by atoms with van der Waals surface area (Å²) in [5.41, 5.74) is 0.652. The fourth-order valence-electron chi connectivity index (χ4n) is 3.83. The first kappa shape index (κ1) is 23.4. The lowest BCUT2D eigenvalue weighted by atomic mass is 10.1.